The highest BCUT2D eigenvalue weighted by atomic mass is 16.3. The molecule has 0 atom stereocenters. The van der Waals surface area contributed by atoms with E-state index in [0.29, 0.717) is 0 Å². The summed E-state index contributed by atoms with van der Waals surface area (Å²) in [5, 5.41) is 12.2. The van der Waals surface area contributed by atoms with Crippen molar-refractivity contribution in [3.05, 3.63) is 29.6 Å². The average molecular weight is 207 g/mol. The molecule has 1 aliphatic heterocycles. The van der Waals surface area contributed by atoms with Crippen LogP contribution in [0.25, 0.3) is 0 Å². The molecule has 1 saturated heterocycles. The van der Waals surface area contributed by atoms with Crippen LogP contribution in [0.5, 0.6) is 0 Å². The number of rotatable bonds is 3. The lowest BCUT2D eigenvalue weighted by Gasteiger charge is -2.26. The van der Waals surface area contributed by atoms with E-state index in [9.17, 15) is 0 Å². The van der Waals surface area contributed by atoms with Gasteiger partial charge in [-0.25, -0.2) is 0 Å². The van der Waals surface area contributed by atoms with Gasteiger partial charge in [0.05, 0.1) is 12.3 Å². The zero-order valence-electron chi connectivity index (χ0n) is 8.82. The van der Waals surface area contributed by atoms with E-state index >= 15 is 0 Å². The number of aliphatic hydroxyl groups is 1. The number of hydrogen-bond acceptors (Lipinski definition) is 4. The maximum atomic E-state index is 8.89. The van der Waals surface area contributed by atoms with Gasteiger partial charge in [-0.05, 0) is 11.6 Å². The fraction of sp³-hybridized carbons (Fsp3) is 0.545. The first-order valence-electron chi connectivity index (χ1n) is 5.36. The van der Waals surface area contributed by atoms with Gasteiger partial charge in [0.1, 0.15) is 0 Å². The minimum atomic E-state index is 0.0704. The van der Waals surface area contributed by atoms with Crippen molar-refractivity contribution < 1.29 is 5.11 Å². The fourth-order valence-electron chi connectivity index (χ4n) is 1.74. The Balaban J connectivity index is 1.91. The quantitative estimate of drug-likeness (QED) is 0.731. The van der Waals surface area contributed by atoms with Crippen molar-refractivity contribution in [3.8, 4) is 0 Å². The summed E-state index contributed by atoms with van der Waals surface area (Å²) >= 11 is 0. The minimum Gasteiger partial charge on any atom is -0.392 e. The molecule has 2 rings (SSSR count). The number of nitrogens with zero attached hydrogens (tertiary/aromatic N) is 2. The molecular formula is C11H17N3O. The highest BCUT2D eigenvalue weighted by Crippen LogP contribution is 2.04. The maximum absolute atomic E-state index is 8.89. The second kappa shape index (κ2) is 5.21. The predicted molar refractivity (Wildman–Crippen MR) is 58.3 cm³/mol. The molecule has 0 spiro atoms. The molecule has 1 aliphatic rings. The number of pyridine rings is 1. The van der Waals surface area contributed by atoms with Crippen molar-refractivity contribution in [2.24, 2.45) is 0 Å². The Kier molecular flexibility index (Phi) is 3.66. The molecule has 2 N–H and O–H groups in total. The van der Waals surface area contributed by atoms with Gasteiger partial charge in [-0.2, -0.15) is 0 Å². The van der Waals surface area contributed by atoms with Gasteiger partial charge < -0.3 is 10.4 Å². The van der Waals surface area contributed by atoms with Crippen LogP contribution in [0.3, 0.4) is 0 Å². The molecule has 1 fully saturated rings. The Morgan fingerprint density at radius 1 is 1.33 bits per heavy atom. The van der Waals surface area contributed by atoms with E-state index in [1.807, 2.05) is 12.1 Å². The van der Waals surface area contributed by atoms with Crippen LogP contribution in [-0.4, -0.2) is 41.2 Å². The summed E-state index contributed by atoms with van der Waals surface area (Å²) in [6, 6.07) is 3.93. The van der Waals surface area contributed by atoms with E-state index in [4.69, 9.17) is 5.11 Å². The van der Waals surface area contributed by atoms with Crippen molar-refractivity contribution in [2.75, 3.05) is 26.2 Å². The molecule has 0 bridgehead atoms. The third-order valence-electron chi connectivity index (χ3n) is 2.66. The van der Waals surface area contributed by atoms with E-state index < -0.39 is 0 Å². The molecule has 1 aromatic heterocycles. The normalized spacial score (nSPS) is 17.9. The lowest BCUT2D eigenvalue weighted by molar-refractivity contribution is 0.230. The van der Waals surface area contributed by atoms with Gasteiger partial charge >= 0.3 is 0 Å². The van der Waals surface area contributed by atoms with E-state index in [1.165, 1.54) is 0 Å². The van der Waals surface area contributed by atoms with E-state index in [0.717, 1.165) is 44.0 Å². The molecule has 0 unspecified atom stereocenters. The van der Waals surface area contributed by atoms with Crippen LogP contribution in [0.1, 0.15) is 11.3 Å². The number of hydrogen-bond donors (Lipinski definition) is 2. The monoisotopic (exact) mass is 207 g/mol. The van der Waals surface area contributed by atoms with Crippen molar-refractivity contribution in [2.45, 2.75) is 13.2 Å². The van der Waals surface area contributed by atoms with Crippen LogP contribution < -0.4 is 5.32 Å². The van der Waals surface area contributed by atoms with Gasteiger partial charge in [0, 0.05) is 38.9 Å². The lowest BCUT2D eigenvalue weighted by Crippen LogP contribution is -2.43. The molecular weight excluding hydrogens is 190 g/mol. The van der Waals surface area contributed by atoms with Crippen LogP contribution in [0.4, 0.5) is 0 Å². The Bertz CT molecular complexity index is 293. The summed E-state index contributed by atoms with van der Waals surface area (Å²) < 4.78 is 0. The van der Waals surface area contributed by atoms with Gasteiger partial charge in [-0.1, -0.05) is 6.07 Å². The number of aromatic nitrogens is 1. The van der Waals surface area contributed by atoms with Gasteiger partial charge in [-0.15, -0.1) is 0 Å². The molecule has 0 aromatic carbocycles. The average Bonchev–Trinajstić information content (AvgIpc) is 2.31. The molecule has 15 heavy (non-hydrogen) atoms. The zero-order chi connectivity index (χ0) is 10.5. The number of nitrogens with one attached hydrogen (secondary N) is 1. The Hall–Kier alpha value is -0.970. The molecule has 4 heteroatoms. The van der Waals surface area contributed by atoms with Crippen molar-refractivity contribution in [1.29, 1.82) is 0 Å². The van der Waals surface area contributed by atoms with Crippen molar-refractivity contribution >= 4 is 0 Å². The molecule has 4 nitrogen and oxygen atoms in total. The molecule has 1 aromatic rings. The van der Waals surface area contributed by atoms with Crippen LogP contribution in [0.15, 0.2) is 18.3 Å². The first-order chi connectivity index (χ1) is 7.38. The summed E-state index contributed by atoms with van der Waals surface area (Å²) in [7, 11) is 0. The van der Waals surface area contributed by atoms with Crippen LogP contribution >= 0.6 is 0 Å². The van der Waals surface area contributed by atoms with Gasteiger partial charge in [0.15, 0.2) is 0 Å². The number of aliphatic hydroxyl groups excluding tert-OH is 1. The van der Waals surface area contributed by atoms with Crippen LogP contribution in [0, 0.1) is 0 Å². The molecule has 0 radical (unpaired) electrons. The van der Waals surface area contributed by atoms with E-state index in [1.54, 1.807) is 6.20 Å². The summed E-state index contributed by atoms with van der Waals surface area (Å²) in [6.07, 6.45) is 1.75. The summed E-state index contributed by atoms with van der Waals surface area (Å²) in [5.74, 6) is 0. The maximum Gasteiger partial charge on any atom is 0.0696 e. The largest absolute Gasteiger partial charge is 0.392 e. The van der Waals surface area contributed by atoms with Crippen molar-refractivity contribution in [3.63, 3.8) is 0 Å². The topological polar surface area (TPSA) is 48.4 Å². The van der Waals surface area contributed by atoms with Gasteiger partial charge in [0.25, 0.3) is 0 Å². The highest BCUT2D eigenvalue weighted by molar-refractivity contribution is 5.13. The van der Waals surface area contributed by atoms with E-state index in [2.05, 4.69) is 15.2 Å². The minimum absolute atomic E-state index is 0.0704. The Labute approximate surface area is 89.9 Å². The second-order valence-corrected chi connectivity index (χ2v) is 3.84. The van der Waals surface area contributed by atoms with E-state index in [-0.39, 0.29) is 6.61 Å². The molecule has 0 amide bonds. The van der Waals surface area contributed by atoms with Gasteiger partial charge in [-0.3, -0.25) is 9.88 Å². The molecule has 0 saturated carbocycles. The molecule has 0 aliphatic carbocycles. The first-order valence-corrected chi connectivity index (χ1v) is 5.36. The van der Waals surface area contributed by atoms with Crippen molar-refractivity contribution in [1.82, 2.24) is 15.2 Å². The third kappa shape index (κ3) is 2.99. The fourth-order valence-corrected chi connectivity index (χ4v) is 1.74. The summed E-state index contributed by atoms with van der Waals surface area (Å²) in [6.45, 7) is 5.28. The molecule has 2 heterocycles. The summed E-state index contributed by atoms with van der Waals surface area (Å²) in [5.41, 5.74) is 1.95. The number of piperazine rings is 1. The smallest absolute Gasteiger partial charge is 0.0696 e. The standard InChI is InChI=1S/C11H17N3O/c15-9-10-1-2-11(13-7-10)8-14-5-3-12-4-6-14/h1-2,7,12,15H,3-6,8-9H2. The van der Waals surface area contributed by atoms with Crippen LogP contribution in [-0.2, 0) is 13.2 Å². The first kappa shape index (κ1) is 10.5. The second-order valence-electron chi connectivity index (χ2n) is 3.84. The zero-order valence-corrected chi connectivity index (χ0v) is 8.82. The predicted octanol–water partition coefficient (Wildman–Crippen LogP) is -0.0209. The molecule has 82 valence electrons. The van der Waals surface area contributed by atoms with Gasteiger partial charge in [0.2, 0.25) is 0 Å². The Morgan fingerprint density at radius 3 is 2.73 bits per heavy atom. The third-order valence-corrected chi connectivity index (χ3v) is 2.66. The summed E-state index contributed by atoms with van der Waals surface area (Å²) in [4.78, 5) is 6.71. The SMILES string of the molecule is OCc1ccc(CN2CCNCC2)nc1. The highest BCUT2D eigenvalue weighted by Gasteiger charge is 2.09. The Morgan fingerprint density at radius 2 is 2.13 bits per heavy atom. The van der Waals surface area contributed by atoms with Crippen LogP contribution in [0.2, 0.25) is 0 Å². The lowest BCUT2D eigenvalue weighted by atomic mass is 10.2.